The van der Waals surface area contributed by atoms with Gasteiger partial charge >= 0.3 is 12.1 Å². The summed E-state index contributed by atoms with van der Waals surface area (Å²) in [5.74, 6) is -2.39. The lowest BCUT2D eigenvalue weighted by Gasteiger charge is -2.45. The van der Waals surface area contributed by atoms with Gasteiger partial charge in [-0.1, -0.05) is 39.0 Å². The standard InChI is InChI=1S/C27H43N3O7/c1-11-27(8,9)30(24(34)20(16(2)3)29-25(35)37-26(5,6)7)21(23(33)28-15-19(31)36-10)18-14-12-13-17(4)22(18)32/h12-14,16,20-21,32H,11,15H2,1-10H3,(H,28,33)(H,29,35). The number of hydrogen-bond donors (Lipinski definition) is 3. The van der Waals surface area contributed by atoms with Crippen LogP contribution in [-0.4, -0.2) is 64.7 Å². The summed E-state index contributed by atoms with van der Waals surface area (Å²) in [6.07, 6.45) is -0.317. The molecule has 0 aliphatic heterocycles. The minimum atomic E-state index is -1.31. The number of esters is 1. The van der Waals surface area contributed by atoms with Crippen LogP contribution in [0.2, 0.25) is 0 Å². The summed E-state index contributed by atoms with van der Waals surface area (Å²) < 4.78 is 10.0. The number of nitrogens with zero attached hydrogens (tertiary/aromatic N) is 1. The highest BCUT2D eigenvalue weighted by atomic mass is 16.6. The molecular weight excluding hydrogens is 478 g/mol. The monoisotopic (exact) mass is 521 g/mol. The Hall–Kier alpha value is -3.30. The second-order valence-corrected chi connectivity index (χ2v) is 11.0. The van der Waals surface area contributed by atoms with Gasteiger partial charge in [0.05, 0.1) is 7.11 Å². The molecule has 37 heavy (non-hydrogen) atoms. The van der Waals surface area contributed by atoms with Crippen molar-refractivity contribution >= 4 is 23.9 Å². The molecule has 3 amide bonds. The van der Waals surface area contributed by atoms with Gasteiger partial charge in [-0.15, -0.1) is 0 Å². The molecule has 0 aromatic heterocycles. The van der Waals surface area contributed by atoms with Gasteiger partial charge in [0.1, 0.15) is 30.0 Å². The van der Waals surface area contributed by atoms with Crippen molar-refractivity contribution in [1.29, 1.82) is 0 Å². The summed E-state index contributed by atoms with van der Waals surface area (Å²) in [7, 11) is 1.20. The number of amides is 3. The van der Waals surface area contributed by atoms with Gasteiger partial charge in [-0.05, 0) is 59.4 Å². The summed E-state index contributed by atoms with van der Waals surface area (Å²) in [5.41, 5.74) is -0.974. The molecule has 10 nitrogen and oxygen atoms in total. The molecule has 0 heterocycles. The number of para-hydroxylation sites is 1. The molecule has 10 heteroatoms. The number of aryl methyl sites for hydroxylation is 1. The number of alkyl carbamates (subject to hydrolysis) is 1. The minimum Gasteiger partial charge on any atom is -0.507 e. The van der Waals surface area contributed by atoms with Gasteiger partial charge in [0.25, 0.3) is 0 Å². The van der Waals surface area contributed by atoms with Crippen molar-refractivity contribution in [2.45, 2.75) is 92.0 Å². The van der Waals surface area contributed by atoms with E-state index in [4.69, 9.17) is 4.74 Å². The van der Waals surface area contributed by atoms with Crippen molar-refractivity contribution in [3.05, 3.63) is 29.3 Å². The number of ether oxygens (including phenoxy) is 2. The lowest BCUT2D eigenvalue weighted by molar-refractivity contribution is -0.151. The molecule has 0 saturated heterocycles. The number of rotatable bonds is 10. The van der Waals surface area contributed by atoms with Crippen molar-refractivity contribution in [3.8, 4) is 5.75 Å². The molecule has 2 atom stereocenters. The van der Waals surface area contributed by atoms with E-state index in [2.05, 4.69) is 15.4 Å². The largest absolute Gasteiger partial charge is 0.507 e. The number of carbonyl (C=O) groups is 4. The third kappa shape index (κ3) is 8.65. The normalized spacial score (nSPS) is 13.4. The maximum atomic E-state index is 14.2. The zero-order valence-electron chi connectivity index (χ0n) is 23.7. The predicted molar refractivity (Wildman–Crippen MR) is 140 cm³/mol. The number of nitrogens with one attached hydrogen (secondary N) is 2. The van der Waals surface area contributed by atoms with E-state index < -0.39 is 53.6 Å². The average molecular weight is 522 g/mol. The van der Waals surface area contributed by atoms with E-state index in [0.29, 0.717) is 12.0 Å². The maximum absolute atomic E-state index is 14.2. The van der Waals surface area contributed by atoms with Gasteiger partial charge in [0.15, 0.2) is 0 Å². The zero-order valence-corrected chi connectivity index (χ0v) is 23.7. The average Bonchev–Trinajstić information content (AvgIpc) is 2.79. The second kappa shape index (κ2) is 12.8. The quantitative estimate of drug-likeness (QED) is 0.401. The zero-order chi connectivity index (χ0) is 28.7. The molecule has 0 fully saturated rings. The van der Waals surface area contributed by atoms with Crippen molar-refractivity contribution < 1.29 is 33.8 Å². The number of methoxy groups -OCH3 is 1. The van der Waals surface area contributed by atoms with Crippen LogP contribution in [0.15, 0.2) is 18.2 Å². The van der Waals surface area contributed by atoms with Crippen LogP contribution in [-0.2, 0) is 23.9 Å². The van der Waals surface area contributed by atoms with Crippen LogP contribution in [0.25, 0.3) is 0 Å². The lowest BCUT2D eigenvalue weighted by atomic mass is 9.89. The number of phenols is 1. The first-order valence-corrected chi connectivity index (χ1v) is 12.4. The van der Waals surface area contributed by atoms with Gasteiger partial charge in [0, 0.05) is 11.1 Å². The van der Waals surface area contributed by atoms with Crippen molar-refractivity contribution in [3.63, 3.8) is 0 Å². The summed E-state index contributed by atoms with van der Waals surface area (Å²) in [4.78, 5) is 53.6. The third-order valence-corrected chi connectivity index (χ3v) is 6.06. The Morgan fingerprint density at radius 3 is 2.16 bits per heavy atom. The Kier molecular flexibility index (Phi) is 11.0. The number of phenolic OH excluding ortho intramolecular Hbond substituents is 1. The van der Waals surface area contributed by atoms with Crippen molar-refractivity contribution in [1.82, 2.24) is 15.5 Å². The van der Waals surface area contributed by atoms with Crippen molar-refractivity contribution in [2.75, 3.05) is 13.7 Å². The summed E-state index contributed by atoms with van der Waals surface area (Å²) in [5, 5.41) is 16.1. The fourth-order valence-corrected chi connectivity index (χ4v) is 3.67. The highest BCUT2D eigenvalue weighted by molar-refractivity contribution is 5.94. The van der Waals surface area contributed by atoms with Crippen molar-refractivity contribution in [2.24, 2.45) is 5.92 Å². The first-order valence-electron chi connectivity index (χ1n) is 12.4. The van der Waals surface area contributed by atoms with E-state index >= 15 is 0 Å². The summed E-state index contributed by atoms with van der Waals surface area (Å²) in [6.45, 7) is 15.4. The molecule has 1 aromatic carbocycles. The Bertz CT molecular complexity index is 983. The SMILES string of the molecule is CCC(C)(C)N(C(=O)C(NC(=O)OC(C)(C)C)C(C)C)C(C(=O)NCC(=O)OC)c1cccc(C)c1O. The fourth-order valence-electron chi connectivity index (χ4n) is 3.67. The first kappa shape index (κ1) is 31.7. The topological polar surface area (TPSA) is 134 Å². The van der Waals surface area contributed by atoms with E-state index in [0.717, 1.165) is 0 Å². The van der Waals surface area contributed by atoms with Crippen LogP contribution in [0.5, 0.6) is 5.75 Å². The molecule has 208 valence electrons. The first-order chi connectivity index (χ1) is 17.0. The number of hydrogen-bond acceptors (Lipinski definition) is 7. The van der Waals surface area contributed by atoms with Gasteiger partial charge in [-0.25, -0.2) is 4.79 Å². The van der Waals surface area contributed by atoms with E-state index in [9.17, 15) is 24.3 Å². The van der Waals surface area contributed by atoms with Crippen LogP contribution >= 0.6 is 0 Å². The summed E-state index contributed by atoms with van der Waals surface area (Å²) >= 11 is 0. The van der Waals surface area contributed by atoms with E-state index in [1.807, 2.05) is 6.92 Å². The molecule has 3 N–H and O–H groups in total. The Labute approximate surface area is 220 Å². The van der Waals surface area contributed by atoms with E-state index in [1.165, 1.54) is 12.0 Å². The molecule has 0 aliphatic rings. The molecule has 0 aliphatic carbocycles. The van der Waals surface area contributed by atoms with E-state index in [1.54, 1.807) is 73.6 Å². The Balaban J connectivity index is 3.70. The van der Waals surface area contributed by atoms with Gasteiger partial charge < -0.3 is 30.1 Å². The highest BCUT2D eigenvalue weighted by Gasteiger charge is 2.44. The van der Waals surface area contributed by atoms with Crippen LogP contribution < -0.4 is 10.6 Å². The van der Waals surface area contributed by atoms with Crippen LogP contribution in [0.3, 0.4) is 0 Å². The molecule has 1 aromatic rings. The van der Waals surface area contributed by atoms with Gasteiger partial charge in [-0.3, -0.25) is 14.4 Å². The van der Waals surface area contributed by atoms with E-state index in [-0.39, 0.29) is 17.2 Å². The number of benzene rings is 1. The predicted octanol–water partition coefficient (Wildman–Crippen LogP) is 3.60. The molecule has 0 saturated carbocycles. The molecular formula is C27H43N3O7. The molecule has 0 radical (unpaired) electrons. The molecule has 2 unspecified atom stereocenters. The van der Waals surface area contributed by atoms with Gasteiger partial charge in [0.2, 0.25) is 11.8 Å². The van der Waals surface area contributed by atoms with Crippen LogP contribution in [0, 0.1) is 12.8 Å². The third-order valence-electron chi connectivity index (χ3n) is 6.06. The van der Waals surface area contributed by atoms with Gasteiger partial charge in [-0.2, -0.15) is 0 Å². The second-order valence-electron chi connectivity index (χ2n) is 11.0. The number of aromatic hydroxyl groups is 1. The lowest BCUT2D eigenvalue weighted by Crippen LogP contribution is -2.60. The fraction of sp³-hybridized carbons (Fsp3) is 0.630. The maximum Gasteiger partial charge on any atom is 0.408 e. The Morgan fingerprint density at radius 2 is 1.68 bits per heavy atom. The Morgan fingerprint density at radius 1 is 1.08 bits per heavy atom. The number of carbonyl (C=O) groups excluding carboxylic acids is 4. The minimum absolute atomic E-state index is 0.147. The van der Waals surface area contributed by atoms with Crippen LogP contribution in [0.1, 0.15) is 79.0 Å². The van der Waals surface area contributed by atoms with Crippen LogP contribution in [0.4, 0.5) is 4.79 Å². The smallest absolute Gasteiger partial charge is 0.408 e. The highest BCUT2D eigenvalue weighted by Crippen LogP contribution is 2.37. The molecule has 0 bridgehead atoms. The summed E-state index contributed by atoms with van der Waals surface area (Å²) in [6, 6.07) is 2.56. The molecule has 0 spiro atoms. The molecule has 1 rings (SSSR count).